The summed E-state index contributed by atoms with van der Waals surface area (Å²) in [6, 6.07) is 14.8. The number of nitrogens with zero attached hydrogens (tertiary/aromatic N) is 3. The van der Waals surface area contributed by atoms with Gasteiger partial charge in [-0.15, -0.1) is 0 Å². The molecule has 0 spiro atoms. The number of aryl methyl sites for hydroxylation is 1. The molecule has 0 bridgehead atoms. The first-order valence-electron chi connectivity index (χ1n) is 11.2. The Morgan fingerprint density at radius 1 is 1.03 bits per heavy atom. The average molecular weight is 459 g/mol. The summed E-state index contributed by atoms with van der Waals surface area (Å²) < 4.78 is 5.51. The lowest BCUT2D eigenvalue weighted by molar-refractivity contribution is 0.102. The number of nitrogens with one attached hydrogen (secondary N) is 3. The van der Waals surface area contributed by atoms with E-state index in [0.717, 1.165) is 31.9 Å². The molecule has 4 aromatic rings. The number of benzene rings is 2. The SMILES string of the molecule is Cc1nc2cc(Nc3cc[nH]c(=O)c3C(=O)Nc3ccc(N4CCN(C)CC4)cc3)ccc2o1. The number of anilines is 4. The molecule has 0 unspecified atom stereocenters. The van der Waals surface area contributed by atoms with Gasteiger partial charge in [0, 0.05) is 56.4 Å². The smallest absolute Gasteiger partial charge is 0.263 e. The number of carbonyl (C=O) groups excluding carboxylic acids is 1. The van der Waals surface area contributed by atoms with Crippen molar-refractivity contribution in [2.24, 2.45) is 0 Å². The Kier molecular flexibility index (Phi) is 5.77. The fourth-order valence-electron chi connectivity index (χ4n) is 4.10. The van der Waals surface area contributed by atoms with Crippen molar-refractivity contribution < 1.29 is 9.21 Å². The third kappa shape index (κ3) is 4.51. The summed E-state index contributed by atoms with van der Waals surface area (Å²) in [7, 11) is 2.12. The molecule has 9 heteroatoms. The Morgan fingerprint density at radius 3 is 2.53 bits per heavy atom. The number of fused-ring (bicyclic) bond motifs is 1. The summed E-state index contributed by atoms with van der Waals surface area (Å²) >= 11 is 0. The minimum atomic E-state index is -0.491. The van der Waals surface area contributed by atoms with Crippen LogP contribution in [-0.4, -0.2) is 54.0 Å². The van der Waals surface area contributed by atoms with Gasteiger partial charge in [-0.1, -0.05) is 0 Å². The molecule has 1 amide bonds. The van der Waals surface area contributed by atoms with E-state index >= 15 is 0 Å². The molecule has 2 aromatic carbocycles. The number of hydrogen-bond donors (Lipinski definition) is 3. The van der Waals surface area contributed by atoms with Crippen molar-refractivity contribution in [2.75, 3.05) is 48.8 Å². The number of hydrogen-bond acceptors (Lipinski definition) is 7. The van der Waals surface area contributed by atoms with E-state index in [1.165, 1.54) is 6.20 Å². The first kappa shape index (κ1) is 21.7. The number of oxazole rings is 1. The number of carbonyl (C=O) groups is 1. The van der Waals surface area contributed by atoms with Crippen LogP contribution >= 0.6 is 0 Å². The molecule has 5 rings (SSSR count). The minimum Gasteiger partial charge on any atom is -0.441 e. The molecule has 1 aliphatic heterocycles. The van der Waals surface area contributed by atoms with Gasteiger partial charge < -0.3 is 29.8 Å². The molecular weight excluding hydrogens is 432 g/mol. The summed E-state index contributed by atoms with van der Waals surface area (Å²) in [5.41, 5.74) is 3.72. The van der Waals surface area contributed by atoms with E-state index in [1.54, 1.807) is 19.1 Å². The van der Waals surface area contributed by atoms with Crippen LogP contribution in [0.5, 0.6) is 0 Å². The second-order valence-electron chi connectivity index (χ2n) is 8.43. The van der Waals surface area contributed by atoms with Crippen molar-refractivity contribution in [1.82, 2.24) is 14.9 Å². The first-order chi connectivity index (χ1) is 16.5. The molecule has 3 heterocycles. The first-order valence-corrected chi connectivity index (χ1v) is 11.2. The van der Waals surface area contributed by atoms with Crippen LogP contribution in [0.2, 0.25) is 0 Å². The third-order valence-corrected chi connectivity index (χ3v) is 5.95. The van der Waals surface area contributed by atoms with Crippen molar-refractivity contribution >= 4 is 39.8 Å². The molecule has 0 atom stereocenters. The maximum Gasteiger partial charge on any atom is 0.263 e. The Hall–Kier alpha value is -4.11. The van der Waals surface area contributed by atoms with Gasteiger partial charge in [0.1, 0.15) is 11.1 Å². The summed E-state index contributed by atoms with van der Waals surface area (Å²) in [5, 5.41) is 6.01. The standard InChI is InChI=1S/C25H26N6O3/c1-16-27-21-15-18(5-8-22(21)34-16)28-20-9-10-26-24(32)23(20)25(33)29-17-3-6-19(7-4-17)31-13-11-30(2)12-14-31/h3-10,15H,11-14H2,1-2H3,(H,29,33)(H2,26,28,32). The number of H-pyrrole nitrogens is 1. The molecule has 0 saturated carbocycles. The van der Waals surface area contributed by atoms with Gasteiger partial charge >= 0.3 is 0 Å². The van der Waals surface area contributed by atoms with E-state index in [1.807, 2.05) is 36.4 Å². The molecule has 174 valence electrons. The van der Waals surface area contributed by atoms with Crippen LogP contribution < -0.4 is 21.1 Å². The Labute approximate surface area is 196 Å². The minimum absolute atomic E-state index is 0.00192. The number of aromatic amines is 1. The zero-order valence-corrected chi connectivity index (χ0v) is 19.1. The molecule has 3 N–H and O–H groups in total. The van der Waals surface area contributed by atoms with Crippen LogP contribution in [-0.2, 0) is 0 Å². The number of likely N-dealkylation sites (N-methyl/N-ethyl adjacent to an activating group) is 1. The van der Waals surface area contributed by atoms with Gasteiger partial charge in [-0.2, -0.15) is 0 Å². The highest BCUT2D eigenvalue weighted by atomic mass is 16.3. The largest absolute Gasteiger partial charge is 0.441 e. The van der Waals surface area contributed by atoms with E-state index in [9.17, 15) is 9.59 Å². The summed E-state index contributed by atoms with van der Waals surface area (Å²) in [5.74, 6) is 0.0806. The normalized spacial score (nSPS) is 14.4. The van der Waals surface area contributed by atoms with E-state index in [-0.39, 0.29) is 5.56 Å². The lowest BCUT2D eigenvalue weighted by atomic mass is 10.2. The zero-order chi connectivity index (χ0) is 23.7. The van der Waals surface area contributed by atoms with Crippen molar-refractivity contribution in [3.05, 3.63) is 76.5 Å². The molecular formula is C25H26N6O3. The molecule has 1 aliphatic rings. The van der Waals surface area contributed by atoms with Gasteiger partial charge in [0.15, 0.2) is 11.5 Å². The number of amides is 1. The van der Waals surface area contributed by atoms with Gasteiger partial charge in [-0.3, -0.25) is 9.59 Å². The second kappa shape index (κ2) is 9.03. The van der Waals surface area contributed by atoms with Gasteiger partial charge in [-0.05, 0) is 55.6 Å². The summed E-state index contributed by atoms with van der Waals surface area (Å²) in [4.78, 5) is 37.2. The predicted molar refractivity (Wildman–Crippen MR) is 133 cm³/mol. The molecule has 9 nitrogen and oxygen atoms in total. The van der Waals surface area contributed by atoms with E-state index in [4.69, 9.17) is 4.42 Å². The van der Waals surface area contributed by atoms with Crippen LogP contribution in [0.15, 0.2) is 63.9 Å². The Morgan fingerprint density at radius 2 is 1.76 bits per heavy atom. The molecule has 34 heavy (non-hydrogen) atoms. The van der Waals surface area contributed by atoms with Gasteiger partial charge in [0.05, 0.1) is 5.69 Å². The number of aromatic nitrogens is 2. The highest BCUT2D eigenvalue weighted by Gasteiger charge is 2.18. The molecule has 0 aliphatic carbocycles. The number of piperazine rings is 1. The summed E-state index contributed by atoms with van der Waals surface area (Å²) in [6.45, 7) is 5.76. The van der Waals surface area contributed by atoms with Crippen LogP contribution in [0.25, 0.3) is 11.1 Å². The quantitative estimate of drug-likeness (QED) is 0.420. The topological polar surface area (TPSA) is 106 Å². The number of rotatable bonds is 5. The van der Waals surface area contributed by atoms with Crippen molar-refractivity contribution in [3.8, 4) is 0 Å². The average Bonchev–Trinajstić information content (AvgIpc) is 3.19. The van der Waals surface area contributed by atoms with Crippen LogP contribution in [0.4, 0.5) is 22.7 Å². The highest BCUT2D eigenvalue weighted by molar-refractivity contribution is 6.08. The van der Waals surface area contributed by atoms with Crippen LogP contribution in [0.3, 0.4) is 0 Å². The second-order valence-corrected chi connectivity index (χ2v) is 8.43. The number of pyridine rings is 1. The monoisotopic (exact) mass is 458 g/mol. The molecule has 2 aromatic heterocycles. The maximum atomic E-state index is 13.1. The fourth-order valence-corrected chi connectivity index (χ4v) is 4.10. The summed E-state index contributed by atoms with van der Waals surface area (Å²) in [6.07, 6.45) is 1.51. The maximum absolute atomic E-state index is 13.1. The van der Waals surface area contributed by atoms with E-state index in [0.29, 0.717) is 34.1 Å². The van der Waals surface area contributed by atoms with E-state index in [2.05, 4.69) is 37.4 Å². The van der Waals surface area contributed by atoms with Crippen molar-refractivity contribution in [3.63, 3.8) is 0 Å². The lowest BCUT2D eigenvalue weighted by Crippen LogP contribution is -2.44. The van der Waals surface area contributed by atoms with Crippen molar-refractivity contribution in [1.29, 1.82) is 0 Å². The highest BCUT2D eigenvalue weighted by Crippen LogP contribution is 2.25. The van der Waals surface area contributed by atoms with Gasteiger partial charge in [0.2, 0.25) is 0 Å². The molecule has 1 saturated heterocycles. The van der Waals surface area contributed by atoms with Crippen LogP contribution in [0.1, 0.15) is 16.2 Å². The van der Waals surface area contributed by atoms with Gasteiger partial charge in [0.25, 0.3) is 11.5 Å². The Bertz CT molecular complexity index is 1380. The molecule has 1 fully saturated rings. The van der Waals surface area contributed by atoms with Gasteiger partial charge in [-0.25, -0.2) is 4.98 Å². The Balaban J connectivity index is 1.34. The fraction of sp³-hybridized carbons (Fsp3) is 0.240. The van der Waals surface area contributed by atoms with Crippen LogP contribution in [0, 0.1) is 6.92 Å². The predicted octanol–water partition coefficient (Wildman–Crippen LogP) is 3.57. The molecule has 0 radical (unpaired) electrons. The van der Waals surface area contributed by atoms with E-state index < -0.39 is 11.5 Å². The zero-order valence-electron chi connectivity index (χ0n) is 19.1. The van der Waals surface area contributed by atoms with Crippen molar-refractivity contribution in [2.45, 2.75) is 6.92 Å². The third-order valence-electron chi connectivity index (χ3n) is 5.95. The lowest BCUT2D eigenvalue weighted by Gasteiger charge is -2.34.